The number of nitrogens with zero attached hydrogens (tertiary/aromatic N) is 1. The van der Waals surface area contributed by atoms with E-state index in [0.29, 0.717) is 0 Å². The third-order valence-corrected chi connectivity index (χ3v) is 7.37. The maximum Gasteiger partial charge on any atom is 0.142 e. The SMILES string of the molecule is c1ccc(-n2c3ccccc3c3cc(-c4ccc5c(c4)Oc4ccccc4S5)ccc32)cc1. The molecule has 0 fully saturated rings. The van der Waals surface area contributed by atoms with Crippen LogP contribution in [0.2, 0.25) is 0 Å². The summed E-state index contributed by atoms with van der Waals surface area (Å²) in [6.45, 7) is 0. The molecule has 5 aromatic carbocycles. The Morgan fingerprint density at radius 1 is 0.515 bits per heavy atom. The molecule has 1 aliphatic heterocycles. The van der Waals surface area contributed by atoms with Crippen molar-refractivity contribution in [1.82, 2.24) is 4.57 Å². The largest absolute Gasteiger partial charge is 0.455 e. The number of aromatic nitrogens is 1. The smallest absolute Gasteiger partial charge is 0.142 e. The van der Waals surface area contributed by atoms with Gasteiger partial charge in [0.2, 0.25) is 0 Å². The van der Waals surface area contributed by atoms with Crippen molar-refractivity contribution in [2.24, 2.45) is 0 Å². The van der Waals surface area contributed by atoms with E-state index in [1.54, 1.807) is 11.8 Å². The van der Waals surface area contributed by atoms with Gasteiger partial charge in [0.1, 0.15) is 11.5 Å². The molecule has 6 aromatic rings. The summed E-state index contributed by atoms with van der Waals surface area (Å²) in [6.07, 6.45) is 0. The molecule has 0 spiro atoms. The summed E-state index contributed by atoms with van der Waals surface area (Å²) in [5, 5.41) is 2.52. The Hall–Kier alpha value is -3.95. The monoisotopic (exact) mass is 441 g/mol. The van der Waals surface area contributed by atoms with Gasteiger partial charge in [0.05, 0.1) is 20.8 Å². The van der Waals surface area contributed by atoms with Crippen molar-refractivity contribution in [3.63, 3.8) is 0 Å². The first-order chi connectivity index (χ1) is 16.3. The second-order valence-electron chi connectivity index (χ2n) is 8.23. The lowest BCUT2D eigenvalue weighted by Gasteiger charge is -2.20. The van der Waals surface area contributed by atoms with Crippen LogP contribution in [0.3, 0.4) is 0 Å². The third kappa shape index (κ3) is 2.97. The van der Waals surface area contributed by atoms with Crippen molar-refractivity contribution < 1.29 is 4.74 Å². The van der Waals surface area contributed by atoms with Gasteiger partial charge in [-0.2, -0.15) is 0 Å². The van der Waals surface area contributed by atoms with Crippen LogP contribution < -0.4 is 4.74 Å². The average molecular weight is 442 g/mol. The Balaban J connectivity index is 1.38. The van der Waals surface area contributed by atoms with Crippen LogP contribution in [-0.2, 0) is 0 Å². The van der Waals surface area contributed by atoms with Crippen molar-refractivity contribution in [3.05, 3.63) is 115 Å². The summed E-state index contributed by atoms with van der Waals surface area (Å²) in [5.74, 6) is 1.84. The molecule has 0 N–H and O–H groups in total. The molecule has 0 aliphatic carbocycles. The van der Waals surface area contributed by atoms with Crippen molar-refractivity contribution >= 4 is 33.6 Å². The predicted molar refractivity (Wildman–Crippen MR) is 137 cm³/mol. The maximum absolute atomic E-state index is 6.23. The van der Waals surface area contributed by atoms with Gasteiger partial charge in [0.25, 0.3) is 0 Å². The molecule has 3 heteroatoms. The van der Waals surface area contributed by atoms with Gasteiger partial charge in [-0.05, 0) is 65.7 Å². The Morgan fingerprint density at radius 3 is 2.15 bits per heavy atom. The highest BCUT2D eigenvalue weighted by molar-refractivity contribution is 7.99. The Kier molecular flexibility index (Phi) is 4.11. The number of hydrogen-bond donors (Lipinski definition) is 0. The lowest BCUT2D eigenvalue weighted by molar-refractivity contribution is 0.455. The first-order valence-corrected chi connectivity index (χ1v) is 11.8. The molecule has 0 bridgehead atoms. The zero-order valence-electron chi connectivity index (χ0n) is 17.7. The van der Waals surface area contributed by atoms with Crippen LogP contribution in [0, 0.1) is 0 Å². The number of ether oxygens (including phenoxy) is 1. The molecule has 1 aliphatic rings. The lowest BCUT2D eigenvalue weighted by atomic mass is 10.0. The summed E-state index contributed by atoms with van der Waals surface area (Å²) in [4.78, 5) is 2.31. The van der Waals surface area contributed by atoms with E-state index in [-0.39, 0.29) is 0 Å². The molecule has 0 radical (unpaired) electrons. The minimum atomic E-state index is 0.919. The van der Waals surface area contributed by atoms with Gasteiger partial charge in [-0.25, -0.2) is 0 Å². The van der Waals surface area contributed by atoms with Crippen molar-refractivity contribution in [2.75, 3.05) is 0 Å². The maximum atomic E-state index is 6.23. The average Bonchev–Trinajstić information content (AvgIpc) is 3.21. The van der Waals surface area contributed by atoms with E-state index in [0.717, 1.165) is 26.9 Å². The number of rotatable bonds is 2. The first-order valence-electron chi connectivity index (χ1n) is 11.0. The minimum absolute atomic E-state index is 0.919. The van der Waals surface area contributed by atoms with Gasteiger partial charge < -0.3 is 9.30 Å². The van der Waals surface area contributed by atoms with Crippen LogP contribution in [0.25, 0.3) is 38.6 Å². The molecule has 2 heterocycles. The van der Waals surface area contributed by atoms with Crippen molar-refractivity contribution in [1.29, 1.82) is 0 Å². The standard InChI is InChI=1S/C30H19NOS/c1-2-8-22(9-3-1)31-25-11-5-4-10-23(25)24-18-20(14-16-26(24)31)21-15-17-30-28(19-21)32-27-12-6-7-13-29(27)33-30/h1-19H. The zero-order chi connectivity index (χ0) is 21.8. The molecule has 33 heavy (non-hydrogen) atoms. The number of hydrogen-bond acceptors (Lipinski definition) is 2. The quantitative estimate of drug-likeness (QED) is 0.266. The van der Waals surface area contributed by atoms with E-state index in [4.69, 9.17) is 4.74 Å². The topological polar surface area (TPSA) is 14.2 Å². The molecule has 156 valence electrons. The van der Waals surface area contributed by atoms with Gasteiger partial charge in [-0.3, -0.25) is 0 Å². The normalized spacial score (nSPS) is 12.4. The molecule has 2 nitrogen and oxygen atoms in total. The molecule has 7 rings (SSSR count). The molecule has 0 saturated heterocycles. The molecule has 1 aromatic heterocycles. The van der Waals surface area contributed by atoms with Crippen LogP contribution in [0.1, 0.15) is 0 Å². The van der Waals surface area contributed by atoms with Crippen LogP contribution in [0.15, 0.2) is 125 Å². The fraction of sp³-hybridized carbons (Fsp3) is 0. The van der Waals surface area contributed by atoms with Crippen molar-refractivity contribution in [2.45, 2.75) is 9.79 Å². The van der Waals surface area contributed by atoms with E-state index < -0.39 is 0 Å². The number of benzene rings is 5. The predicted octanol–water partition coefficient (Wildman–Crippen LogP) is 8.71. The second kappa shape index (κ2) is 7.29. The van der Waals surface area contributed by atoms with Crippen molar-refractivity contribution in [3.8, 4) is 28.3 Å². The molecular weight excluding hydrogens is 422 g/mol. The first kappa shape index (κ1) is 18.6. The van der Waals surface area contributed by atoms with Gasteiger partial charge in [-0.15, -0.1) is 0 Å². The molecule has 0 saturated carbocycles. The second-order valence-corrected chi connectivity index (χ2v) is 9.32. The Morgan fingerprint density at radius 2 is 1.21 bits per heavy atom. The van der Waals surface area contributed by atoms with E-state index >= 15 is 0 Å². The summed E-state index contributed by atoms with van der Waals surface area (Å²) >= 11 is 1.76. The molecule has 0 amide bonds. The van der Waals surface area contributed by atoms with Crippen LogP contribution >= 0.6 is 11.8 Å². The van der Waals surface area contributed by atoms with Crippen LogP contribution in [0.4, 0.5) is 0 Å². The highest BCUT2D eigenvalue weighted by Crippen LogP contribution is 2.48. The fourth-order valence-electron chi connectivity index (χ4n) is 4.72. The van der Waals surface area contributed by atoms with Gasteiger partial charge >= 0.3 is 0 Å². The molecule has 0 atom stereocenters. The van der Waals surface area contributed by atoms with Crippen LogP contribution in [-0.4, -0.2) is 4.57 Å². The highest BCUT2D eigenvalue weighted by atomic mass is 32.2. The third-order valence-electron chi connectivity index (χ3n) is 6.25. The van der Waals surface area contributed by atoms with E-state index in [9.17, 15) is 0 Å². The fourth-order valence-corrected chi connectivity index (χ4v) is 5.65. The summed E-state index contributed by atoms with van der Waals surface area (Å²) in [5.41, 5.74) is 5.96. The number of fused-ring (bicyclic) bond motifs is 5. The van der Waals surface area contributed by atoms with Gasteiger partial charge in [-0.1, -0.05) is 72.4 Å². The summed E-state index contributed by atoms with van der Waals surface area (Å²) in [6, 6.07) is 40.7. The molecule has 0 unspecified atom stereocenters. The van der Waals surface area contributed by atoms with E-state index in [2.05, 4.69) is 108 Å². The van der Waals surface area contributed by atoms with E-state index in [1.807, 2.05) is 12.1 Å². The zero-order valence-corrected chi connectivity index (χ0v) is 18.5. The lowest BCUT2D eigenvalue weighted by Crippen LogP contribution is -1.95. The summed E-state index contributed by atoms with van der Waals surface area (Å²) < 4.78 is 8.58. The minimum Gasteiger partial charge on any atom is -0.455 e. The number of para-hydroxylation sites is 3. The van der Waals surface area contributed by atoms with E-state index in [1.165, 1.54) is 33.1 Å². The van der Waals surface area contributed by atoms with Gasteiger partial charge in [0, 0.05) is 16.5 Å². The van der Waals surface area contributed by atoms with Gasteiger partial charge in [0.15, 0.2) is 0 Å². The molecular formula is C30H19NOS. The Labute approximate surface area is 196 Å². The summed E-state index contributed by atoms with van der Waals surface area (Å²) in [7, 11) is 0. The van der Waals surface area contributed by atoms with Crippen LogP contribution in [0.5, 0.6) is 11.5 Å². The Bertz CT molecular complexity index is 1670. The highest BCUT2D eigenvalue weighted by Gasteiger charge is 2.18.